The fourth-order valence-corrected chi connectivity index (χ4v) is 0.607. The lowest BCUT2D eigenvalue weighted by Gasteiger charge is -1.88. The molecule has 0 bridgehead atoms. The van der Waals surface area contributed by atoms with Gasteiger partial charge in [0.1, 0.15) is 13.2 Å². The van der Waals surface area contributed by atoms with Gasteiger partial charge in [-0.2, -0.15) is 5.10 Å². The van der Waals surface area contributed by atoms with Crippen LogP contribution in [0, 0.1) is 0 Å². The van der Waals surface area contributed by atoms with Gasteiger partial charge in [-0.3, -0.25) is 5.10 Å². The molecule has 0 aliphatic heterocycles. The largest absolute Gasteiger partial charge is 0.388 e. The Kier molecular flexibility index (Phi) is 2.35. The molecule has 0 radical (unpaired) electrons. The first-order chi connectivity index (χ1) is 4.86. The first-order valence-corrected chi connectivity index (χ1v) is 2.86. The lowest BCUT2D eigenvalue weighted by molar-refractivity contribution is 0.178. The molecule has 0 fully saturated rings. The van der Waals surface area contributed by atoms with Crippen molar-refractivity contribution < 1.29 is 9.84 Å². The van der Waals surface area contributed by atoms with Gasteiger partial charge in [-0.25, -0.2) is 4.98 Å². The number of aliphatic hydroxyl groups excluding tert-OH is 1. The Morgan fingerprint density at radius 1 is 1.70 bits per heavy atom. The van der Waals surface area contributed by atoms with Crippen LogP contribution in [-0.4, -0.2) is 27.4 Å². The van der Waals surface area contributed by atoms with Crippen LogP contribution in [-0.2, 0) is 18.0 Å². The molecule has 1 aromatic rings. The van der Waals surface area contributed by atoms with Crippen molar-refractivity contribution in [2.75, 3.05) is 7.11 Å². The summed E-state index contributed by atoms with van der Waals surface area (Å²) in [6.07, 6.45) is 0. The van der Waals surface area contributed by atoms with Crippen LogP contribution in [0.1, 0.15) is 11.6 Å². The Labute approximate surface area is 58.1 Å². The van der Waals surface area contributed by atoms with E-state index in [9.17, 15) is 0 Å². The number of methoxy groups -OCH3 is 1. The SMILES string of the molecule is COCc1nc(CO)n[nH]1. The van der Waals surface area contributed by atoms with Crippen LogP contribution in [0.25, 0.3) is 0 Å². The van der Waals surface area contributed by atoms with E-state index in [4.69, 9.17) is 9.84 Å². The molecule has 1 aromatic heterocycles. The summed E-state index contributed by atoms with van der Waals surface area (Å²) in [5, 5.41) is 14.8. The van der Waals surface area contributed by atoms with E-state index in [1.807, 2.05) is 0 Å². The Morgan fingerprint density at radius 2 is 2.50 bits per heavy atom. The maximum atomic E-state index is 8.53. The predicted octanol–water partition coefficient (Wildman–Crippen LogP) is -0.557. The summed E-state index contributed by atoms with van der Waals surface area (Å²) in [4.78, 5) is 3.88. The molecule has 2 N–H and O–H groups in total. The van der Waals surface area contributed by atoms with E-state index >= 15 is 0 Å². The number of aliphatic hydroxyl groups is 1. The Balaban J connectivity index is 2.59. The highest BCUT2D eigenvalue weighted by atomic mass is 16.5. The van der Waals surface area contributed by atoms with E-state index < -0.39 is 0 Å². The second-order valence-corrected chi connectivity index (χ2v) is 1.79. The number of nitrogens with one attached hydrogen (secondary N) is 1. The topological polar surface area (TPSA) is 71.0 Å². The number of nitrogens with zero attached hydrogens (tertiary/aromatic N) is 2. The quantitative estimate of drug-likeness (QED) is 0.595. The summed E-state index contributed by atoms with van der Waals surface area (Å²) in [5.74, 6) is 1.03. The van der Waals surface area contributed by atoms with Crippen molar-refractivity contribution in [1.29, 1.82) is 0 Å². The Morgan fingerprint density at radius 3 is 3.00 bits per heavy atom. The molecule has 0 saturated heterocycles. The number of H-pyrrole nitrogens is 1. The van der Waals surface area contributed by atoms with E-state index in [0.29, 0.717) is 18.3 Å². The molecule has 0 saturated carbocycles. The molecule has 5 nitrogen and oxygen atoms in total. The molecule has 0 amide bonds. The summed E-state index contributed by atoms with van der Waals surface area (Å²) >= 11 is 0. The molecule has 0 aliphatic rings. The molecule has 0 unspecified atom stereocenters. The molecule has 0 spiro atoms. The molecule has 1 heterocycles. The lowest BCUT2D eigenvalue weighted by Crippen LogP contribution is -1.90. The molecule has 1 rings (SSSR count). The second-order valence-electron chi connectivity index (χ2n) is 1.79. The van der Waals surface area contributed by atoms with Crippen LogP contribution in [0.5, 0.6) is 0 Å². The van der Waals surface area contributed by atoms with Crippen molar-refractivity contribution in [3.8, 4) is 0 Å². The van der Waals surface area contributed by atoms with Crippen molar-refractivity contribution in [2.24, 2.45) is 0 Å². The summed E-state index contributed by atoms with van der Waals surface area (Å²) in [6, 6.07) is 0. The van der Waals surface area contributed by atoms with Crippen LogP contribution >= 0.6 is 0 Å². The van der Waals surface area contributed by atoms with Crippen molar-refractivity contribution in [1.82, 2.24) is 15.2 Å². The van der Waals surface area contributed by atoms with E-state index in [-0.39, 0.29) is 6.61 Å². The fourth-order valence-electron chi connectivity index (χ4n) is 0.607. The van der Waals surface area contributed by atoms with Gasteiger partial charge in [-0.1, -0.05) is 0 Å². The van der Waals surface area contributed by atoms with E-state index in [1.165, 1.54) is 0 Å². The number of hydrogen-bond acceptors (Lipinski definition) is 4. The smallest absolute Gasteiger partial charge is 0.176 e. The normalized spacial score (nSPS) is 10.2. The van der Waals surface area contributed by atoms with E-state index in [0.717, 1.165) is 0 Å². The minimum atomic E-state index is -0.139. The Hall–Kier alpha value is -0.940. The van der Waals surface area contributed by atoms with Gasteiger partial charge in [0.05, 0.1) is 0 Å². The highest BCUT2D eigenvalue weighted by molar-refractivity contribution is 4.86. The van der Waals surface area contributed by atoms with Crippen LogP contribution < -0.4 is 0 Å². The van der Waals surface area contributed by atoms with Gasteiger partial charge in [0, 0.05) is 7.11 Å². The number of hydrogen-bond donors (Lipinski definition) is 2. The third kappa shape index (κ3) is 1.52. The summed E-state index contributed by atoms with van der Waals surface area (Å²) < 4.78 is 4.77. The zero-order valence-electron chi connectivity index (χ0n) is 5.66. The molecule has 56 valence electrons. The highest BCUT2D eigenvalue weighted by Gasteiger charge is 1.98. The molecular weight excluding hydrogens is 134 g/mol. The minimum Gasteiger partial charge on any atom is -0.388 e. The third-order valence-corrected chi connectivity index (χ3v) is 1.00. The average Bonchev–Trinajstić information content (AvgIpc) is 2.37. The van der Waals surface area contributed by atoms with Crippen LogP contribution in [0.4, 0.5) is 0 Å². The van der Waals surface area contributed by atoms with Gasteiger partial charge in [-0.15, -0.1) is 0 Å². The molecule has 10 heavy (non-hydrogen) atoms. The zero-order chi connectivity index (χ0) is 7.40. The Bertz CT molecular complexity index is 199. The standard InChI is InChI=1S/C5H9N3O2/c1-10-3-5-6-4(2-9)7-8-5/h9H,2-3H2,1H3,(H,6,7,8). The van der Waals surface area contributed by atoms with Crippen molar-refractivity contribution in [3.63, 3.8) is 0 Å². The van der Waals surface area contributed by atoms with E-state index in [2.05, 4.69) is 15.2 Å². The number of aromatic amines is 1. The van der Waals surface area contributed by atoms with Crippen molar-refractivity contribution >= 4 is 0 Å². The van der Waals surface area contributed by atoms with Gasteiger partial charge in [0.2, 0.25) is 0 Å². The van der Waals surface area contributed by atoms with Crippen LogP contribution in [0.2, 0.25) is 0 Å². The van der Waals surface area contributed by atoms with Gasteiger partial charge in [0.25, 0.3) is 0 Å². The lowest BCUT2D eigenvalue weighted by atomic mass is 10.6. The van der Waals surface area contributed by atoms with Gasteiger partial charge in [0.15, 0.2) is 11.6 Å². The number of ether oxygens (including phenoxy) is 1. The highest BCUT2D eigenvalue weighted by Crippen LogP contribution is 1.92. The minimum absolute atomic E-state index is 0.139. The van der Waals surface area contributed by atoms with E-state index in [1.54, 1.807) is 7.11 Å². The molecular formula is C5H9N3O2. The summed E-state index contributed by atoms with van der Waals surface area (Å²) in [6.45, 7) is 0.257. The van der Waals surface area contributed by atoms with Crippen LogP contribution in [0.15, 0.2) is 0 Å². The molecule has 0 atom stereocenters. The molecule has 0 aliphatic carbocycles. The van der Waals surface area contributed by atoms with Gasteiger partial charge >= 0.3 is 0 Å². The van der Waals surface area contributed by atoms with Gasteiger partial charge < -0.3 is 9.84 Å². The first kappa shape index (κ1) is 7.17. The molecule has 5 heteroatoms. The third-order valence-electron chi connectivity index (χ3n) is 1.00. The van der Waals surface area contributed by atoms with Gasteiger partial charge in [-0.05, 0) is 0 Å². The average molecular weight is 143 g/mol. The predicted molar refractivity (Wildman–Crippen MR) is 33.0 cm³/mol. The molecule has 0 aromatic carbocycles. The number of aromatic nitrogens is 3. The first-order valence-electron chi connectivity index (χ1n) is 2.86. The maximum absolute atomic E-state index is 8.53. The maximum Gasteiger partial charge on any atom is 0.176 e. The second kappa shape index (κ2) is 3.28. The monoisotopic (exact) mass is 143 g/mol. The van der Waals surface area contributed by atoms with Crippen LogP contribution in [0.3, 0.4) is 0 Å². The van der Waals surface area contributed by atoms with Crippen molar-refractivity contribution in [2.45, 2.75) is 13.2 Å². The fraction of sp³-hybridized carbons (Fsp3) is 0.600. The zero-order valence-corrected chi connectivity index (χ0v) is 5.66. The number of rotatable bonds is 3. The summed E-state index contributed by atoms with van der Waals surface area (Å²) in [7, 11) is 1.57. The summed E-state index contributed by atoms with van der Waals surface area (Å²) in [5.41, 5.74) is 0. The van der Waals surface area contributed by atoms with Crippen molar-refractivity contribution in [3.05, 3.63) is 11.6 Å².